The fraction of sp³-hybridized carbons (Fsp3) is 0.312. The van der Waals surface area contributed by atoms with Gasteiger partial charge in [-0.3, -0.25) is 9.88 Å². The van der Waals surface area contributed by atoms with Gasteiger partial charge in [0, 0.05) is 25.8 Å². The summed E-state index contributed by atoms with van der Waals surface area (Å²) in [6.07, 6.45) is 1.85. The van der Waals surface area contributed by atoms with E-state index >= 15 is 0 Å². The van der Waals surface area contributed by atoms with Gasteiger partial charge in [0.05, 0.1) is 28.5 Å². The summed E-state index contributed by atoms with van der Waals surface area (Å²) in [5, 5.41) is 1.14. The molecule has 0 bridgehead atoms. The third-order valence-corrected chi connectivity index (χ3v) is 4.32. The Hall–Kier alpha value is -1.13. The van der Waals surface area contributed by atoms with Crippen LogP contribution >= 0.6 is 23.2 Å². The third kappa shape index (κ3) is 3.74. The zero-order valence-corrected chi connectivity index (χ0v) is 13.0. The van der Waals surface area contributed by atoms with E-state index in [1.165, 1.54) is 0 Å². The monoisotopic (exact) mass is 322 g/mol. The molecule has 1 atom stereocenters. The van der Waals surface area contributed by atoms with Crippen LogP contribution in [0.2, 0.25) is 10.0 Å². The second-order valence-corrected chi connectivity index (χ2v) is 5.90. The lowest BCUT2D eigenvalue weighted by atomic mass is 10.1. The average molecular weight is 323 g/mol. The zero-order valence-electron chi connectivity index (χ0n) is 11.5. The smallest absolute Gasteiger partial charge is 0.0953 e. The van der Waals surface area contributed by atoms with E-state index in [4.69, 9.17) is 27.9 Å². The van der Waals surface area contributed by atoms with Crippen molar-refractivity contribution in [2.24, 2.45) is 0 Å². The Morgan fingerprint density at radius 2 is 2.10 bits per heavy atom. The third-order valence-electron chi connectivity index (χ3n) is 3.58. The Morgan fingerprint density at radius 3 is 2.86 bits per heavy atom. The van der Waals surface area contributed by atoms with E-state index in [0.29, 0.717) is 16.7 Å². The van der Waals surface area contributed by atoms with E-state index in [-0.39, 0.29) is 6.10 Å². The summed E-state index contributed by atoms with van der Waals surface area (Å²) in [6, 6.07) is 11.7. The number of benzene rings is 1. The van der Waals surface area contributed by atoms with Crippen LogP contribution in [0.3, 0.4) is 0 Å². The van der Waals surface area contributed by atoms with Crippen LogP contribution < -0.4 is 0 Å². The van der Waals surface area contributed by atoms with Crippen molar-refractivity contribution in [3.05, 3.63) is 63.9 Å². The van der Waals surface area contributed by atoms with Crippen molar-refractivity contribution >= 4 is 23.2 Å². The van der Waals surface area contributed by atoms with Gasteiger partial charge >= 0.3 is 0 Å². The molecule has 0 unspecified atom stereocenters. The predicted molar refractivity (Wildman–Crippen MR) is 84.7 cm³/mol. The Morgan fingerprint density at radius 1 is 1.19 bits per heavy atom. The SMILES string of the molecule is Clc1ccc([C@H]2CN(Cc3ccccn3)CCO2)cc1Cl. The summed E-state index contributed by atoms with van der Waals surface area (Å²) < 4.78 is 5.86. The highest BCUT2D eigenvalue weighted by atomic mass is 35.5. The van der Waals surface area contributed by atoms with Crippen LogP contribution in [0.4, 0.5) is 0 Å². The van der Waals surface area contributed by atoms with Gasteiger partial charge in [-0.15, -0.1) is 0 Å². The van der Waals surface area contributed by atoms with Gasteiger partial charge in [0.15, 0.2) is 0 Å². The van der Waals surface area contributed by atoms with Gasteiger partial charge in [0.25, 0.3) is 0 Å². The predicted octanol–water partition coefficient (Wildman–Crippen LogP) is 3.96. The molecule has 21 heavy (non-hydrogen) atoms. The zero-order chi connectivity index (χ0) is 14.7. The van der Waals surface area contributed by atoms with Crippen molar-refractivity contribution in [3.63, 3.8) is 0 Å². The topological polar surface area (TPSA) is 25.4 Å². The van der Waals surface area contributed by atoms with E-state index in [9.17, 15) is 0 Å². The van der Waals surface area contributed by atoms with E-state index in [0.717, 1.165) is 30.9 Å². The summed E-state index contributed by atoms with van der Waals surface area (Å²) in [6.45, 7) is 3.28. The minimum atomic E-state index is 0.0252. The molecule has 110 valence electrons. The molecule has 1 aromatic carbocycles. The molecule has 0 spiro atoms. The molecule has 2 heterocycles. The van der Waals surface area contributed by atoms with Crippen molar-refractivity contribution in [1.29, 1.82) is 0 Å². The minimum Gasteiger partial charge on any atom is -0.371 e. The summed E-state index contributed by atoms with van der Waals surface area (Å²) in [4.78, 5) is 6.72. The van der Waals surface area contributed by atoms with Crippen LogP contribution in [-0.2, 0) is 11.3 Å². The normalized spacial score (nSPS) is 19.6. The Balaban J connectivity index is 1.69. The standard InChI is InChI=1S/C16H16Cl2N2O/c17-14-5-4-12(9-15(14)18)16-11-20(7-8-21-16)10-13-3-1-2-6-19-13/h1-6,9,16H,7-8,10-11H2/t16-/m1/s1. The first kappa shape index (κ1) is 14.8. The highest BCUT2D eigenvalue weighted by Gasteiger charge is 2.22. The Kier molecular flexibility index (Phi) is 4.76. The molecule has 0 saturated carbocycles. The maximum absolute atomic E-state index is 6.09. The van der Waals surface area contributed by atoms with Crippen LogP contribution in [0.1, 0.15) is 17.4 Å². The van der Waals surface area contributed by atoms with Gasteiger partial charge in [-0.05, 0) is 29.8 Å². The molecule has 0 aliphatic carbocycles. The number of hydrogen-bond donors (Lipinski definition) is 0. The minimum absolute atomic E-state index is 0.0252. The largest absolute Gasteiger partial charge is 0.371 e. The molecule has 0 radical (unpaired) electrons. The highest BCUT2D eigenvalue weighted by Crippen LogP contribution is 2.29. The molecule has 1 saturated heterocycles. The molecule has 1 aromatic heterocycles. The molecular formula is C16H16Cl2N2O. The summed E-state index contributed by atoms with van der Waals surface area (Å²) in [7, 11) is 0. The fourth-order valence-electron chi connectivity index (χ4n) is 2.48. The van der Waals surface area contributed by atoms with Gasteiger partial charge in [-0.25, -0.2) is 0 Å². The molecule has 0 N–H and O–H groups in total. The lowest BCUT2D eigenvalue weighted by Gasteiger charge is -2.33. The lowest BCUT2D eigenvalue weighted by Crippen LogP contribution is -2.38. The first-order valence-corrected chi connectivity index (χ1v) is 7.67. The van der Waals surface area contributed by atoms with Crippen LogP contribution in [0.15, 0.2) is 42.6 Å². The summed E-state index contributed by atoms with van der Waals surface area (Å²) in [5.74, 6) is 0. The Bertz CT molecular complexity index is 606. The number of aromatic nitrogens is 1. The van der Waals surface area contributed by atoms with Crippen molar-refractivity contribution in [2.45, 2.75) is 12.6 Å². The molecule has 1 aliphatic rings. The second kappa shape index (κ2) is 6.75. The maximum atomic E-state index is 6.09. The molecule has 1 fully saturated rings. The van der Waals surface area contributed by atoms with Gasteiger partial charge in [-0.2, -0.15) is 0 Å². The number of hydrogen-bond acceptors (Lipinski definition) is 3. The molecular weight excluding hydrogens is 307 g/mol. The number of nitrogens with zero attached hydrogens (tertiary/aromatic N) is 2. The first-order valence-electron chi connectivity index (χ1n) is 6.91. The number of ether oxygens (including phenoxy) is 1. The summed E-state index contributed by atoms with van der Waals surface area (Å²) in [5.41, 5.74) is 2.14. The molecule has 3 nitrogen and oxygen atoms in total. The van der Waals surface area contributed by atoms with Crippen LogP contribution in [0.5, 0.6) is 0 Å². The lowest BCUT2D eigenvalue weighted by molar-refractivity contribution is -0.0332. The quantitative estimate of drug-likeness (QED) is 0.855. The van der Waals surface area contributed by atoms with Gasteiger partial charge in [-0.1, -0.05) is 35.3 Å². The fourth-order valence-corrected chi connectivity index (χ4v) is 2.79. The van der Waals surface area contributed by atoms with Crippen molar-refractivity contribution < 1.29 is 4.74 Å². The Labute approximate surface area is 134 Å². The van der Waals surface area contributed by atoms with Crippen LogP contribution in [0.25, 0.3) is 0 Å². The molecule has 0 amide bonds. The summed E-state index contributed by atoms with van der Waals surface area (Å²) >= 11 is 12.1. The van der Waals surface area contributed by atoms with Gasteiger partial charge in [0.2, 0.25) is 0 Å². The molecule has 2 aromatic rings. The molecule has 3 rings (SSSR count). The van der Waals surface area contributed by atoms with E-state index in [1.54, 1.807) is 0 Å². The van der Waals surface area contributed by atoms with Gasteiger partial charge in [0.1, 0.15) is 0 Å². The van der Waals surface area contributed by atoms with Crippen LogP contribution in [0, 0.1) is 0 Å². The van der Waals surface area contributed by atoms with E-state index in [2.05, 4.69) is 9.88 Å². The van der Waals surface area contributed by atoms with Crippen molar-refractivity contribution in [3.8, 4) is 0 Å². The van der Waals surface area contributed by atoms with E-state index < -0.39 is 0 Å². The number of morpholine rings is 1. The second-order valence-electron chi connectivity index (χ2n) is 5.09. The van der Waals surface area contributed by atoms with E-state index in [1.807, 2.05) is 42.6 Å². The molecule has 1 aliphatic heterocycles. The number of pyridine rings is 1. The van der Waals surface area contributed by atoms with Gasteiger partial charge < -0.3 is 4.74 Å². The van der Waals surface area contributed by atoms with Crippen molar-refractivity contribution in [1.82, 2.24) is 9.88 Å². The molecule has 5 heteroatoms. The number of rotatable bonds is 3. The number of halogens is 2. The average Bonchev–Trinajstić information content (AvgIpc) is 2.51. The van der Waals surface area contributed by atoms with Crippen LogP contribution in [-0.4, -0.2) is 29.6 Å². The first-order chi connectivity index (χ1) is 10.2. The maximum Gasteiger partial charge on any atom is 0.0953 e. The van der Waals surface area contributed by atoms with Crippen molar-refractivity contribution in [2.75, 3.05) is 19.7 Å². The highest BCUT2D eigenvalue weighted by molar-refractivity contribution is 6.42.